The van der Waals surface area contributed by atoms with E-state index in [2.05, 4.69) is 11.8 Å². The summed E-state index contributed by atoms with van der Waals surface area (Å²) in [6.45, 7) is 1.90. The van der Waals surface area contributed by atoms with Gasteiger partial charge in [0.1, 0.15) is 0 Å². The molecule has 1 saturated carbocycles. The third-order valence-corrected chi connectivity index (χ3v) is 2.81. The molecule has 0 aliphatic heterocycles. The van der Waals surface area contributed by atoms with Gasteiger partial charge in [-0.15, -0.1) is 11.8 Å². The number of nitrogens with two attached hydrogens (primary N) is 1. The largest absolute Gasteiger partial charge is 0.418 e. The predicted octanol–water partition coefficient (Wildman–Crippen LogP) is 3.94. The maximum atomic E-state index is 12.1. The molecule has 110 valence electrons. The summed E-state index contributed by atoms with van der Waals surface area (Å²) in [6, 6.07) is 3.56. The van der Waals surface area contributed by atoms with Gasteiger partial charge in [0.25, 0.3) is 0 Å². The van der Waals surface area contributed by atoms with Crippen molar-refractivity contribution in [2.24, 2.45) is 5.92 Å². The van der Waals surface area contributed by atoms with Crippen molar-refractivity contribution in [3.05, 3.63) is 28.8 Å². The smallest absolute Gasteiger partial charge is 0.398 e. The van der Waals surface area contributed by atoms with Crippen molar-refractivity contribution in [1.29, 1.82) is 0 Å². The summed E-state index contributed by atoms with van der Waals surface area (Å²) in [5.74, 6) is 6.74. The number of halogens is 4. The van der Waals surface area contributed by atoms with Crippen LogP contribution in [0.5, 0.6) is 0 Å². The third-order valence-electron chi connectivity index (χ3n) is 2.58. The molecule has 6 heteroatoms. The molecule has 0 unspecified atom stereocenters. The highest BCUT2D eigenvalue weighted by atomic mass is 35.5. The van der Waals surface area contributed by atoms with Crippen LogP contribution >= 0.6 is 11.6 Å². The van der Waals surface area contributed by atoms with E-state index in [1.165, 1.54) is 25.0 Å². The summed E-state index contributed by atoms with van der Waals surface area (Å²) in [7, 11) is 0. The minimum absolute atomic E-state index is 0.0949. The van der Waals surface area contributed by atoms with Crippen LogP contribution in [-0.2, 0) is 0 Å². The van der Waals surface area contributed by atoms with Crippen molar-refractivity contribution < 1.29 is 18.3 Å². The summed E-state index contributed by atoms with van der Waals surface area (Å²) in [4.78, 5) is 0. The minimum Gasteiger partial charge on any atom is -0.398 e. The number of hydrogen-bond acceptors (Lipinski definition) is 2. The summed E-state index contributed by atoms with van der Waals surface area (Å²) in [5, 5.41) is 8.99. The molecule has 0 saturated heterocycles. The highest BCUT2D eigenvalue weighted by Gasteiger charge is 2.40. The van der Waals surface area contributed by atoms with Crippen molar-refractivity contribution in [3.8, 4) is 11.8 Å². The number of alkyl halides is 3. The van der Waals surface area contributed by atoms with Gasteiger partial charge in [0.2, 0.25) is 0 Å². The van der Waals surface area contributed by atoms with Crippen LogP contribution < -0.4 is 5.73 Å². The summed E-state index contributed by atoms with van der Waals surface area (Å²) in [5.41, 5.74) is 4.70. The number of hydrogen-bond donors (Lipinski definition) is 2. The molecule has 1 aromatic rings. The van der Waals surface area contributed by atoms with Crippen LogP contribution in [0, 0.1) is 17.8 Å². The first-order valence-corrected chi connectivity index (χ1v) is 6.35. The number of aliphatic hydroxyl groups excluding tert-OH is 1. The van der Waals surface area contributed by atoms with Gasteiger partial charge in [-0.2, -0.15) is 13.2 Å². The normalized spacial score (nSPS) is 15.5. The first-order valence-electron chi connectivity index (χ1n) is 5.97. The summed E-state index contributed by atoms with van der Waals surface area (Å²) >= 11 is 5.48. The molecule has 0 bridgehead atoms. The molecule has 0 aromatic heterocycles. The van der Waals surface area contributed by atoms with Gasteiger partial charge in [-0.3, -0.25) is 0 Å². The van der Waals surface area contributed by atoms with Crippen LogP contribution in [0.15, 0.2) is 18.2 Å². The van der Waals surface area contributed by atoms with Crippen molar-refractivity contribution >= 4 is 17.3 Å². The summed E-state index contributed by atoms with van der Waals surface area (Å²) < 4.78 is 36.3. The molecule has 2 nitrogen and oxygen atoms in total. The zero-order chi connectivity index (χ0) is 15.3. The highest BCUT2D eigenvalue weighted by Crippen LogP contribution is 2.36. The van der Waals surface area contributed by atoms with E-state index in [0.717, 1.165) is 12.0 Å². The molecule has 3 N–H and O–H groups in total. The van der Waals surface area contributed by atoms with Crippen molar-refractivity contribution in [2.75, 3.05) is 5.73 Å². The zero-order valence-corrected chi connectivity index (χ0v) is 11.6. The molecule has 2 rings (SSSR count). The van der Waals surface area contributed by atoms with Gasteiger partial charge in [-0.05, 0) is 38.0 Å². The fraction of sp³-hybridized carbons (Fsp3) is 0.429. The number of nitrogen functional groups attached to an aromatic ring is 1. The first-order chi connectivity index (χ1) is 9.25. The number of aliphatic hydroxyl groups is 1. The van der Waals surface area contributed by atoms with Crippen LogP contribution in [0.25, 0.3) is 0 Å². The van der Waals surface area contributed by atoms with E-state index >= 15 is 0 Å². The Bertz CT molecular complexity index is 515. The molecule has 0 heterocycles. The Kier molecular flexibility index (Phi) is 5.73. The lowest BCUT2D eigenvalue weighted by atomic mass is 10.1. The average Bonchev–Trinajstić information content (AvgIpc) is 3.15. The minimum atomic E-state index is -4.74. The Hall–Kier alpha value is -1.38. The van der Waals surface area contributed by atoms with E-state index in [9.17, 15) is 13.2 Å². The molecule has 1 aliphatic rings. The molecule has 0 spiro atoms. The van der Waals surface area contributed by atoms with Gasteiger partial charge in [-0.1, -0.05) is 11.6 Å². The van der Waals surface area contributed by atoms with E-state index < -0.39 is 17.8 Å². The fourth-order valence-electron chi connectivity index (χ4n) is 1.39. The predicted molar refractivity (Wildman–Crippen MR) is 73.1 cm³/mol. The molecular formula is C14H15ClF3NO. The van der Waals surface area contributed by atoms with Gasteiger partial charge in [-0.25, -0.2) is 0 Å². The Morgan fingerprint density at radius 2 is 2.00 bits per heavy atom. The van der Waals surface area contributed by atoms with Crippen LogP contribution in [0.3, 0.4) is 0 Å². The topological polar surface area (TPSA) is 46.2 Å². The molecule has 1 aliphatic carbocycles. The van der Waals surface area contributed by atoms with Gasteiger partial charge < -0.3 is 10.8 Å². The Morgan fingerprint density at radius 1 is 1.40 bits per heavy atom. The lowest BCUT2D eigenvalue weighted by Crippen LogP contribution is -2.21. The van der Waals surface area contributed by atoms with Crippen molar-refractivity contribution in [1.82, 2.24) is 0 Å². The second kappa shape index (κ2) is 6.87. The highest BCUT2D eigenvalue weighted by molar-refractivity contribution is 6.30. The molecular weight excluding hydrogens is 291 g/mol. The van der Waals surface area contributed by atoms with Gasteiger partial charge >= 0.3 is 6.18 Å². The second-order valence-electron chi connectivity index (χ2n) is 4.39. The average molecular weight is 306 g/mol. The number of rotatable bonds is 1. The monoisotopic (exact) mass is 305 g/mol. The molecule has 0 amide bonds. The quantitative estimate of drug-likeness (QED) is 0.610. The molecule has 1 aromatic carbocycles. The summed E-state index contributed by atoms with van der Waals surface area (Å²) in [6.07, 6.45) is -4.64. The third kappa shape index (κ3) is 5.32. The second-order valence-corrected chi connectivity index (χ2v) is 4.82. The molecule has 1 fully saturated rings. The number of anilines is 1. The van der Waals surface area contributed by atoms with Gasteiger partial charge in [0.05, 0.1) is 0 Å². The Balaban J connectivity index is 0.000000276. The molecule has 20 heavy (non-hydrogen) atoms. The first kappa shape index (κ1) is 16.7. The zero-order valence-electron chi connectivity index (χ0n) is 10.8. The van der Waals surface area contributed by atoms with Crippen LogP contribution in [0.4, 0.5) is 18.9 Å². The van der Waals surface area contributed by atoms with Crippen LogP contribution in [0.2, 0.25) is 5.02 Å². The van der Waals surface area contributed by atoms with Crippen LogP contribution in [0.1, 0.15) is 31.4 Å². The Labute approximate surface area is 120 Å². The van der Waals surface area contributed by atoms with E-state index in [4.69, 9.17) is 22.4 Å². The number of benzene rings is 1. The molecule has 1 atom stereocenters. The van der Waals surface area contributed by atoms with E-state index in [0.29, 0.717) is 0 Å². The van der Waals surface area contributed by atoms with E-state index in [1.54, 1.807) is 0 Å². The van der Waals surface area contributed by atoms with Gasteiger partial charge in [0, 0.05) is 22.2 Å². The Morgan fingerprint density at radius 3 is 2.40 bits per heavy atom. The lowest BCUT2D eigenvalue weighted by Gasteiger charge is -2.16. The lowest BCUT2D eigenvalue weighted by molar-refractivity contribution is -0.206. The maximum absolute atomic E-state index is 12.1. The van der Waals surface area contributed by atoms with E-state index in [-0.39, 0.29) is 10.7 Å². The molecule has 0 radical (unpaired) electrons. The standard InChI is InChI=1S/C8H7ClF3NO.C6H8/c9-4-1-2-6(13)5(3-4)7(14)8(10,11)12;1-2-3-6-4-5-6/h1-3,7,14H,13H2;6H,4-5H2,1H3/t7-;/m0./s1. The van der Waals surface area contributed by atoms with Gasteiger partial charge in [0.15, 0.2) is 6.10 Å². The SMILES string of the molecule is CC#CC1CC1.Nc1ccc(Cl)cc1[C@H](O)C(F)(F)F. The fourth-order valence-corrected chi connectivity index (χ4v) is 1.57. The maximum Gasteiger partial charge on any atom is 0.418 e. The van der Waals surface area contributed by atoms with Crippen molar-refractivity contribution in [3.63, 3.8) is 0 Å². The van der Waals surface area contributed by atoms with Crippen LogP contribution in [-0.4, -0.2) is 11.3 Å². The van der Waals surface area contributed by atoms with Crippen molar-refractivity contribution in [2.45, 2.75) is 32.0 Å². The van der Waals surface area contributed by atoms with E-state index in [1.807, 2.05) is 6.92 Å².